The van der Waals surface area contributed by atoms with Crippen LogP contribution in [-0.4, -0.2) is 16.2 Å². The van der Waals surface area contributed by atoms with Crippen molar-refractivity contribution in [3.8, 4) is 11.5 Å². The second-order valence-electron chi connectivity index (χ2n) is 4.01. The minimum Gasteiger partial charge on any atom is -0.334 e. The van der Waals surface area contributed by atoms with Gasteiger partial charge in [0, 0.05) is 16.9 Å². The first-order valence-electron chi connectivity index (χ1n) is 5.63. The number of hydrogen-bond acceptors (Lipinski definition) is 4. The van der Waals surface area contributed by atoms with Crippen molar-refractivity contribution in [3.05, 3.63) is 33.5 Å². The van der Waals surface area contributed by atoms with Gasteiger partial charge in [-0.2, -0.15) is 4.98 Å². The molecule has 1 aromatic heterocycles. The standard InChI is InChI=1S/C12H13BrClN3O/c1-2-8(15)6-11-16-12(18-17-11)9-4-3-7(13)5-10(9)14/h3-5,8H,2,6,15H2,1H3. The first-order chi connectivity index (χ1) is 8.60. The molecule has 4 nitrogen and oxygen atoms in total. The van der Waals surface area contributed by atoms with Crippen LogP contribution >= 0.6 is 27.5 Å². The maximum Gasteiger partial charge on any atom is 0.259 e. The van der Waals surface area contributed by atoms with Crippen molar-refractivity contribution in [3.63, 3.8) is 0 Å². The second-order valence-corrected chi connectivity index (χ2v) is 5.34. The Hall–Kier alpha value is -0.910. The normalized spacial score (nSPS) is 12.7. The fourth-order valence-electron chi connectivity index (χ4n) is 1.49. The van der Waals surface area contributed by atoms with Crippen LogP contribution in [0.25, 0.3) is 11.5 Å². The van der Waals surface area contributed by atoms with Crippen molar-refractivity contribution in [2.75, 3.05) is 0 Å². The smallest absolute Gasteiger partial charge is 0.259 e. The molecular formula is C12H13BrClN3O. The molecule has 0 saturated heterocycles. The summed E-state index contributed by atoms with van der Waals surface area (Å²) >= 11 is 9.47. The van der Waals surface area contributed by atoms with E-state index in [4.69, 9.17) is 21.9 Å². The molecule has 0 aliphatic carbocycles. The molecule has 0 fully saturated rings. The van der Waals surface area contributed by atoms with Gasteiger partial charge in [-0.3, -0.25) is 0 Å². The molecule has 0 bridgehead atoms. The van der Waals surface area contributed by atoms with Crippen molar-refractivity contribution < 1.29 is 4.52 Å². The summed E-state index contributed by atoms with van der Waals surface area (Å²) in [5, 5.41) is 4.48. The minimum atomic E-state index is 0.0517. The molecule has 6 heteroatoms. The van der Waals surface area contributed by atoms with Crippen molar-refractivity contribution in [2.24, 2.45) is 5.73 Å². The number of hydrogen-bond donors (Lipinski definition) is 1. The summed E-state index contributed by atoms with van der Waals surface area (Å²) in [6.07, 6.45) is 1.48. The third-order valence-corrected chi connectivity index (χ3v) is 3.40. The monoisotopic (exact) mass is 329 g/mol. The van der Waals surface area contributed by atoms with Gasteiger partial charge in [0.1, 0.15) is 0 Å². The molecule has 1 unspecified atom stereocenters. The van der Waals surface area contributed by atoms with Crippen LogP contribution < -0.4 is 5.73 Å². The Kier molecular flexibility index (Phi) is 4.37. The Morgan fingerprint density at radius 1 is 1.50 bits per heavy atom. The molecule has 0 spiro atoms. The van der Waals surface area contributed by atoms with E-state index < -0.39 is 0 Å². The zero-order chi connectivity index (χ0) is 13.1. The number of nitrogens with zero attached hydrogens (tertiary/aromatic N) is 2. The molecule has 18 heavy (non-hydrogen) atoms. The highest BCUT2D eigenvalue weighted by Crippen LogP contribution is 2.29. The largest absolute Gasteiger partial charge is 0.334 e. The number of rotatable bonds is 4. The van der Waals surface area contributed by atoms with Gasteiger partial charge in [-0.15, -0.1) is 0 Å². The molecule has 2 rings (SSSR count). The molecule has 0 saturated carbocycles. The van der Waals surface area contributed by atoms with Gasteiger partial charge in [-0.25, -0.2) is 0 Å². The number of halogens is 2. The quantitative estimate of drug-likeness (QED) is 0.932. The van der Waals surface area contributed by atoms with Gasteiger partial charge in [-0.1, -0.05) is 39.6 Å². The van der Waals surface area contributed by atoms with Crippen molar-refractivity contribution in [1.29, 1.82) is 0 Å². The van der Waals surface area contributed by atoms with E-state index in [1.165, 1.54) is 0 Å². The summed E-state index contributed by atoms with van der Waals surface area (Å²) in [5.74, 6) is 1.03. The first-order valence-corrected chi connectivity index (χ1v) is 6.80. The fraction of sp³-hybridized carbons (Fsp3) is 0.333. The zero-order valence-corrected chi connectivity index (χ0v) is 12.2. The van der Waals surface area contributed by atoms with E-state index in [0.717, 1.165) is 16.5 Å². The third kappa shape index (κ3) is 3.10. The van der Waals surface area contributed by atoms with Crippen molar-refractivity contribution >= 4 is 27.5 Å². The molecule has 2 aromatic rings. The van der Waals surface area contributed by atoms with E-state index in [9.17, 15) is 0 Å². The van der Waals surface area contributed by atoms with E-state index >= 15 is 0 Å². The van der Waals surface area contributed by atoms with Gasteiger partial charge >= 0.3 is 0 Å². The Morgan fingerprint density at radius 2 is 2.28 bits per heavy atom. The van der Waals surface area contributed by atoms with Crippen LogP contribution in [0.3, 0.4) is 0 Å². The van der Waals surface area contributed by atoms with Crippen LogP contribution in [0.15, 0.2) is 27.2 Å². The average molecular weight is 331 g/mol. The van der Waals surface area contributed by atoms with Crippen LogP contribution in [0.2, 0.25) is 5.02 Å². The SMILES string of the molecule is CCC(N)Cc1noc(-c2ccc(Br)cc2Cl)n1. The van der Waals surface area contributed by atoms with Gasteiger partial charge in [0.2, 0.25) is 0 Å². The molecule has 0 aliphatic heterocycles. The highest BCUT2D eigenvalue weighted by Gasteiger charge is 2.13. The van der Waals surface area contributed by atoms with E-state index in [0.29, 0.717) is 23.2 Å². The Balaban J connectivity index is 2.24. The highest BCUT2D eigenvalue weighted by molar-refractivity contribution is 9.10. The topological polar surface area (TPSA) is 64.9 Å². The summed E-state index contributed by atoms with van der Waals surface area (Å²) < 4.78 is 6.11. The van der Waals surface area contributed by atoms with Crippen molar-refractivity contribution in [1.82, 2.24) is 10.1 Å². The Labute approximate surface area is 119 Å². The second kappa shape index (κ2) is 5.82. The molecule has 0 amide bonds. The average Bonchev–Trinajstić information content (AvgIpc) is 2.77. The number of aromatic nitrogens is 2. The van der Waals surface area contributed by atoms with E-state index in [1.54, 1.807) is 6.07 Å². The third-order valence-electron chi connectivity index (χ3n) is 2.60. The summed E-state index contributed by atoms with van der Waals surface area (Å²) in [6.45, 7) is 2.03. The van der Waals surface area contributed by atoms with E-state index in [-0.39, 0.29) is 6.04 Å². The summed E-state index contributed by atoms with van der Waals surface area (Å²) in [5.41, 5.74) is 6.57. The van der Waals surface area contributed by atoms with Gasteiger partial charge in [-0.05, 0) is 24.6 Å². The lowest BCUT2D eigenvalue weighted by atomic mass is 10.1. The van der Waals surface area contributed by atoms with Gasteiger partial charge in [0.05, 0.1) is 10.6 Å². The maximum atomic E-state index is 6.12. The molecule has 1 aromatic carbocycles. The molecule has 2 N–H and O–H groups in total. The van der Waals surface area contributed by atoms with E-state index in [1.807, 2.05) is 19.1 Å². The summed E-state index contributed by atoms with van der Waals surface area (Å²) in [6, 6.07) is 5.56. The maximum absolute atomic E-state index is 6.12. The molecule has 1 heterocycles. The molecule has 0 aliphatic rings. The van der Waals surface area contributed by atoms with E-state index in [2.05, 4.69) is 26.1 Å². The van der Waals surface area contributed by atoms with Crippen LogP contribution in [0.4, 0.5) is 0 Å². The lowest BCUT2D eigenvalue weighted by Crippen LogP contribution is -2.21. The van der Waals surface area contributed by atoms with Gasteiger partial charge in [0.25, 0.3) is 5.89 Å². The van der Waals surface area contributed by atoms with Gasteiger partial charge < -0.3 is 10.3 Å². The fourth-order valence-corrected chi connectivity index (χ4v) is 2.24. The molecule has 96 valence electrons. The number of nitrogens with two attached hydrogens (primary N) is 1. The Bertz CT molecular complexity index is 544. The van der Waals surface area contributed by atoms with Crippen molar-refractivity contribution in [2.45, 2.75) is 25.8 Å². The first kappa shape index (κ1) is 13.5. The van der Waals surface area contributed by atoms with Crippen LogP contribution in [0, 0.1) is 0 Å². The molecule has 0 radical (unpaired) electrons. The predicted octanol–water partition coefficient (Wildman–Crippen LogP) is 3.43. The Morgan fingerprint density at radius 3 is 2.94 bits per heavy atom. The van der Waals surface area contributed by atoms with Crippen LogP contribution in [0.1, 0.15) is 19.2 Å². The number of benzene rings is 1. The van der Waals surface area contributed by atoms with Crippen LogP contribution in [0.5, 0.6) is 0 Å². The van der Waals surface area contributed by atoms with Crippen LogP contribution in [-0.2, 0) is 6.42 Å². The van der Waals surface area contributed by atoms with Gasteiger partial charge in [0.15, 0.2) is 5.82 Å². The lowest BCUT2D eigenvalue weighted by molar-refractivity contribution is 0.419. The minimum absolute atomic E-state index is 0.0517. The predicted molar refractivity (Wildman–Crippen MR) is 74.4 cm³/mol. The summed E-state index contributed by atoms with van der Waals surface area (Å²) in [7, 11) is 0. The highest BCUT2D eigenvalue weighted by atomic mass is 79.9. The molecular weight excluding hydrogens is 318 g/mol. The lowest BCUT2D eigenvalue weighted by Gasteiger charge is -2.02. The molecule has 1 atom stereocenters. The summed E-state index contributed by atoms with van der Waals surface area (Å²) in [4.78, 5) is 4.30. The zero-order valence-electron chi connectivity index (χ0n) is 9.86.